The van der Waals surface area contributed by atoms with Gasteiger partial charge in [-0.1, -0.05) is 37.3 Å². The number of aromatic nitrogens is 1. The quantitative estimate of drug-likeness (QED) is 0.113. The number of benzene rings is 2. The fourth-order valence-corrected chi connectivity index (χ4v) is 7.73. The average molecular weight is 714 g/mol. The number of nitrogens with one attached hydrogen (secondary N) is 4. The Morgan fingerprint density at radius 1 is 1.10 bits per heavy atom. The molecule has 5 N–H and O–H groups in total. The smallest absolute Gasteiger partial charge is 0.343 e. The third-order valence-corrected chi connectivity index (χ3v) is 10.5. The van der Waals surface area contributed by atoms with Crippen LogP contribution >= 0.6 is 0 Å². The molecule has 3 aliphatic heterocycles. The molecule has 1 unspecified atom stereocenters. The molecule has 3 atom stereocenters. The van der Waals surface area contributed by atoms with Crippen LogP contribution in [0, 0.1) is 12.7 Å². The van der Waals surface area contributed by atoms with Crippen LogP contribution in [-0.4, -0.2) is 59.3 Å². The fourth-order valence-electron chi connectivity index (χ4n) is 7.73. The molecule has 4 aliphatic rings. The van der Waals surface area contributed by atoms with Crippen molar-refractivity contribution in [1.29, 1.82) is 0 Å². The van der Waals surface area contributed by atoms with Crippen molar-refractivity contribution in [2.45, 2.75) is 76.8 Å². The molecule has 1 aliphatic carbocycles. The number of esters is 1. The van der Waals surface area contributed by atoms with Crippen molar-refractivity contribution in [1.82, 2.24) is 20.5 Å². The molecule has 0 saturated carbocycles. The highest BCUT2D eigenvalue weighted by atomic mass is 19.1. The maximum Gasteiger partial charge on any atom is 0.343 e. The summed E-state index contributed by atoms with van der Waals surface area (Å²) in [6, 6.07) is 11.6. The van der Waals surface area contributed by atoms with Crippen LogP contribution in [0.25, 0.3) is 5.57 Å². The number of cyclic esters (lactones) is 1. The molecule has 1 aromatic heterocycles. The lowest BCUT2D eigenvalue weighted by atomic mass is 9.75. The first-order valence-electron chi connectivity index (χ1n) is 17.4. The molecular formula is C38H40FN5O8. The maximum atomic E-state index is 15.2. The van der Waals surface area contributed by atoms with Crippen LogP contribution in [-0.2, 0) is 60.2 Å². The summed E-state index contributed by atoms with van der Waals surface area (Å²) in [7, 11) is 0. The van der Waals surface area contributed by atoms with E-state index in [9.17, 15) is 29.1 Å². The zero-order valence-corrected chi connectivity index (χ0v) is 28.9. The first-order chi connectivity index (χ1) is 25.0. The first kappa shape index (κ1) is 35.1. The number of pyridine rings is 1. The van der Waals surface area contributed by atoms with Gasteiger partial charge in [0.2, 0.25) is 17.7 Å². The standard InChI is InChI=1S/C38H40FN5O8/c1-3-38(50)25-13-29-35-23(16-44(29)36(48)24(25)17-52-37(38)49)34-27(11-10-22-20(2)26(39)14-28(43-35)33(22)34)42-32(47)18-51-19-41-31(46)15-40-30(45)12-9-21-7-5-4-6-8-21/h4-8,13-14,27,35,43,50H,3,9-12,15-19H2,1-2H3,(H,40,45)(H,41,46)(H,42,47)/t27-,35?,38-/m0/s1. The maximum absolute atomic E-state index is 15.2. The van der Waals surface area contributed by atoms with Crippen molar-refractivity contribution in [2.24, 2.45) is 0 Å². The summed E-state index contributed by atoms with van der Waals surface area (Å²) in [6.45, 7) is 2.45. The number of carbonyl (C=O) groups excluding carboxylic acids is 4. The van der Waals surface area contributed by atoms with Gasteiger partial charge in [-0.2, -0.15) is 0 Å². The van der Waals surface area contributed by atoms with E-state index in [4.69, 9.17) is 9.47 Å². The van der Waals surface area contributed by atoms with Crippen LogP contribution in [0.2, 0.25) is 0 Å². The number of aliphatic hydroxyl groups is 1. The van der Waals surface area contributed by atoms with Crippen LogP contribution in [0.5, 0.6) is 0 Å². The predicted molar refractivity (Wildman–Crippen MR) is 186 cm³/mol. The molecule has 272 valence electrons. The molecule has 3 aromatic rings. The lowest BCUT2D eigenvalue weighted by molar-refractivity contribution is -0.172. The minimum absolute atomic E-state index is 0.00998. The van der Waals surface area contributed by atoms with Gasteiger partial charge in [-0.05, 0) is 72.6 Å². The number of rotatable bonds is 11. The summed E-state index contributed by atoms with van der Waals surface area (Å²) in [5.41, 5.74) is 3.84. The molecule has 0 bridgehead atoms. The molecule has 14 heteroatoms. The topological polar surface area (TPSA) is 177 Å². The van der Waals surface area contributed by atoms with E-state index in [1.807, 2.05) is 30.3 Å². The highest BCUT2D eigenvalue weighted by Gasteiger charge is 2.47. The molecule has 0 saturated heterocycles. The van der Waals surface area contributed by atoms with Crippen LogP contribution in [0.3, 0.4) is 0 Å². The Balaban J connectivity index is 1.04. The Kier molecular flexibility index (Phi) is 9.44. The van der Waals surface area contributed by atoms with E-state index in [1.165, 1.54) is 6.07 Å². The molecule has 13 nitrogen and oxygen atoms in total. The van der Waals surface area contributed by atoms with E-state index in [0.717, 1.165) is 27.8 Å². The molecule has 4 heterocycles. The minimum Gasteiger partial charge on any atom is -0.458 e. The molecule has 0 radical (unpaired) electrons. The fraction of sp³-hybridized carbons (Fsp3) is 0.395. The van der Waals surface area contributed by atoms with Crippen molar-refractivity contribution in [3.63, 3.8) is 0 Å². The molecule has 0 fully saturated rings. The van der Waals surface area contributed by atoms with Crippen molar-refractivity contribution in [3.05, 3.63) is 103 Å². The SMILES string of the molecule is CC[C@@]1(O)C(=O)OCc2c1cc1n(c2=O)CC2=C3c4c(cc(F)c(C)c4CC[C@@H]3NC(=O)COCNC(=O)CNC(=O)CCc3ccccc3)NC21. The van der Waals surface area contributed by atoms with Gasteiger partial charge < -0.3 is 40.4 Å². The van der Waals surface area contributed by atoms with Crippen molar-refractivity contribution >= 4 is 35.0 Å². The monoisotopic (exact) mass is 713 g/mol. The van der Waals surface area contributed by atoms with Gasteiger partial charge in [0.25, 0.3) is 5.56 Å². The van der Waals surface area contributed by atoms with Gasteiger partial charge in [-0.3, -0.25) is 19.2 Å². The first-order valence-corrected chi connectivity index (χ1v) is 17.4. The lowest BCUT2D eigenvalue weighted by Gasteiger charge is -2.38. The van der Waals surface area contributed by atoms with Gasteiger partial charge in [0.1, 0.15) is 25.8 Å². The molecule has 0 spiro atoms. The van der Waals surface area contributed by atoms with Crippen LogP contribution < -0.4 is 26.8 Å². The highest BCUT2D eigenvalue weighted by molar-refractivity contribution is 5.92. The average Bonchev–Trinajstić information content (AvgIpc) is 3.51. The summed E-state index contributed by atoms with van der Waals surface area (Å²) < 4.78 is 27.4. The lowest BCUT2D eigenvalue weighted by Crippen LogP contribution is -2.44. The number of hydrogen-bond donors (Lipinski definition) is 5. The van der Waals surface area contributed by atoms with Crippen LogP contribution in [0.15, 0.2) is 52.8 Å². The number of anilines is 1. The summed E-state index contributed by atoms with van der Waals surface area (Å²) in [5, 5.41) is 22.8. The van der Waals surface area contributed by atoms with Crippen molar-refractivity contribution < 1.29 is 38.1 Å². The Hall–Kier alpha value is -5.34. The van der Waals surface area contributed by atoms with Crippen LogP contribution in [0.1, 0.15) is 71.3 Å². The van der Waals surface area contributed by atoms with Gasteiger partial charge in [0.15, 0.2) is 5.60 Å². The molecular weight excluding hydrogens is 673 g/mol. The predicted octanol–water partition coefficient (Wildman–Crippen LogP) is 2.15. The number of amides is 3. The largest absolute Gasteiger partial charge is 0.458 e. The molecule has 2 aromatic carbocycles. The molecule has 7 rings (SSSR count). The number of fused-ring (bicyclic) bond motifs is 4. The van der Waals surface area contributed by atoms with E-state index in [2.05, 4.69) is 21.3 Å². The number of nitrogens with zero attached hydrogens (tertiary/aromatic N) is 1. The minimum atomic E-state index is -1.97. The summed E-state index contributed by atoms with van der Waals surface area (Å²) in [5.74, 6) is -2.35. The second-order valence-corrected chi connectivity index (χ2v) is 13.6. The third-order valence-electron chi connectivity index (χ3n) is 10.5. The van der Waals surface area contributed by atoms with E-state index >= 15 is 4.39 Å². The summed E-state index contributed by atoms with van der Waals surface area (Å²) in [4.78, 5) is 64.0. The van der Waals surface area contributed by atoms with E-state index < -0.39 is 35.5 Å². The van der Waals surface area contributed by atoms with Gasteiger partial charge >= 0.3 is 5.97 Å². The normalized spacial score (nSPS) is 20.8. The molecule has 52 heavy (non-hydrogen) atoms. The van der Waals surface area contributed by atoms with E-state index in [0.29, 0.717) is 36.2 Å². The Morgan fingerprint density at radius 3 is 2.65 bits per heavy atom. The number of aryl methyl sites for hydroxylation is 1. The zero-order chi connectivity index (χ0) is 36.7. The Morgan fingerprint density at radius 2 is 1.88 bits per heavy atom. The summed E-state index contributed by atoms with van der Waals surface area (Å²) >= 11 is 0. The molecule has 3 amide bonds. The number of halogens is 1. The van der Waals surface area contributed by atoms with Gasteiger partial charge in [-0.25, -0.2) is 9.18 Å². The Labute approximate surface area is 298 Å². The van der Waals surface area contributed by atoms with Gasteiger partial charge in [-0.15, -0.1) is 0 Å². The second-order valence-electron chi connectivity index (χ2n) is 13.6. The van der Waals surface area contributed by atoms with E-state index in [-0.39, 0.29) is 74.3 Å². The third kappa shape index (κ3) is 6.26. The second kappa shape index (κ2) is 14.0. The number of hydrogen-bond acceptors (Lipinski definition) is 9. The van der Waals surface area contributed by atoms with Crippen molar-refractivity contribution in [2.75, 3.05) is 25.2 Å². The highest BCUT2D eigenvalue weighted by Crippen LogP contribution is 2.51. The van der Waals surface area contributed by atoms with Gasteiger partial charge in [0, 0.05) is 28.9 Å². The zero-order valence-electron chi connectivity index (χ0n) is 28.9. The van der Waals surface area contributed by atoms with Gasteiger partial charge in [0.05, 0.1) is 30.7 Å². The van der Waals surface area contributed by atoms with E-state index in [1.54, 1.807) is 24.5 Å². The number of ether oxygens (including phenoxy) is 2. The number of carbonyl (C=O) groups is 4. The van der Waals surface area contributed by atoms with Crippen molar-refractivity contribution in [3.8, 4) is 0 Å². The summed E-state index contributed by atoms with van der Waals surface area (Å²) in [6.07, 6.45) is 1.77. The van der Waals surface area contributed by atoms with Crippen LogP contribution in [0.4, 0.5) is 10.1 Å². The Bertz CT molecular complexity index is 2080.